The van der Waals surface area contributed by atoms with Crippen LogP contribution in [0.1, 0.15) is 30.4 Å². The Labute approximate surface area is 150 Å². The van der Waals surface area contributed by atoms with Crippen molar-refractivity contribution in [2.75, 3.05) is 13.7 Å². The minimum Gasteiger partial charge on any atom is -0.493 e. The lowest BCUT2D eigenvalue weighted by Crippen LogP contribution is -2.18. The third-order valence-electron chi connectivity index (χ3n) is 4.48. The number of methoxy groups -OCH3 is 1. The Morgan fingerprint density at radius 3 is 2.68 bits per heavy atom. The van der Waals surface area contributed by atoms with Crippen molar-refractivity contribution in [3.05, 3.63) is 71.8 Å². The summed E-state index contributed by atoms with van der Waals surface area (Å²) in [5, 5.41) is 3.51. The number of benzene rings is 2. The fraction of sp³-hybridized carbons (Fsp3) is 0.364. The summed E-state index contributed by atoms with van der Waals surface area (Å²) in [6.45, 7) is 1.78. The van der Waals surface area contributed by atoms with E-state index in [1.165, 1.54) is 17.5 Å². The molecule has 0 amide bonds. The third kappa shape index (κ3) is 5.36. The molecule has 1 atom stereocenters. The molecule has 1 aliphatic rings. The van der Waals surface area contributed by atoms with Crippen LogP contribution in [0, 0.1) is 0 Å². The summed E-state index contributed by atoms with van der Waals surface area (Å²) < 4.78 is 11.6. The molecule has 0 radical (unpaired) electrons. The van der Waals surface area contributed by atoms with Crippen molar-refractivity contribution in [2.45, 2.75) is 38.3 Å². The topological polar surface area (TPSA) is 30.5 Å². The van der Waals surface area contributed by atoms with E-state index in [4.69, 9.17) is 9.47 Å². The molecule has 3 heteroatoms. The lowest BCUT2D eigenvalue weighted by atomic mass is 10.1. The Balaban J connectivity index is 1.55. The van der Waals surface area contributed by atoms with E-state index in [1.54, 1.807) is 7.11 Å². The molecule has 25 heavy (non-hydrogen) atoms. The van der Waals surface area contributed by atoms with Crippen LogP contribution in [0.15, 0.2) is 60.7 Å². The smallest absolute Gasteiger partial charge is 0.162 e. The molecule has 0 fully saturated rings. The van der Waals surface area contributed by atoms with Gasteiger partial charge in [-0.25, -0.2) is 0 Å². The lowest BCUT2D eigenvalue weighted by Gasteiger charge is -2.20. The summed E-state index contributed by atoms with van der Waals surface area (Å²) >= 11 is 0. The first-order chi connectivity index (χ1) is 12.3. The summed E-state index contributed by atoms with van der Waals surface area (Å²) in [5.74, 6) is 1.63. The quantitative estimate of drug-likeness (QED) is 0.568. The Morgan fingerprint density at radius 1 is 1.04 bits per heavy atom. The van der Waals surface area contributed by atoms with Crippen LogP contribution in [0.3, 0.4) is 0 Å². The highest BCUT2D eigenvalue weighted by Crippen LogP contribution is 2.30. The van der Waals surface area contributed by atoms with Gasteiger partial charge in [0.25, 0.3) is 0 Å². The second kappa shape index (κ2) is 9.28. The predicted molar refractivity (Wildman–Crippen MR) is 102 cm³/mol. The maximum Gasteiger partial charge on any atom is 0.162 e. The zero-order valence-electron chi connectivity index (χ0n) is 14.9. The fourth-order valence-corrected chi connectivity index (χ4v) is 3.08. The summed E-state index contributed by atoms with van der Waals surface area (Å²) in [6.07, 6.45) is 8.96. The van der Waals surface area contributed by atoms with Gasteiger partial charge in [-0.2, -0.15) is 0 Å². The van der Waals surface area contributed by atoms with Gasteiger partial charge in [-0.1, -0.05) is 42.5 Å². The Bertz CT molecular complexity index is 682. The molecule has 1 aliphatic carbocycles. The van der Waals surface area contributed by atoms with Crippen LogP contribution < -0.4 is 14.8 Å². The highest BCUT2D eigenvalue weighted by Gasteiger charge is 2.13. The van der Waals surface area contributed by atoms with Crippen LogP contribution in [0.2, 0.25) is 0 Å². The van der Waals surface area contributed by atoms with Crippen molar-refractivity contribution in [3.8, 4) is 11.5 Å². The molecule has 0 aliphatic heterocycles. The third-order valence-corrected chi connectivity index (χ3v) is 4.48. The Morgan fingerprint density at radius 2 is 1.92 bits per heavy atom. The van der Waals surface area contributed by atoms with Crippen molar-refractivity contribution in [1.82, 2.24) is 5.32 Å². The van der Waals surface area contributed by atoms with Crippen LogP contribution in [-0.4, -0.2) is 19.8 Å². The normalized spacial score (nSPS) is 16.6. The number of hydrogen-bond donors (Lipinski definition) is 1. The fourth-order valence-electron chi connectivity index (χ4n) is 3.08. The van der Waals surface area contributed by atoms with E-state index in [9.17, 15) is 0 Å². The maximum atomic E-state index is 6.15. The van der Waals surface area contributed by atoms with E-state index in [0.717, 1.165) is 43.9 Å². The number of allylic oxidation sites excluding steroid dienone is 1. The van der Waals surface area contributed by atoms with Crippen LogP contribution in [0.5, 0.6) is 11.5 Å². The van der Waals surface area contributed by atoms with Gasteiger partial charge < -0.3 is 14.8 Å². The van der Waals surface area contributed by atoms with Gasteiger partial charge in [0.05, 0.1) is 7.11 Å². The van der Waals surface area contributed by atoms with Crippen molar-refractivity contribution >= 4 is 0 Å². The van der Waals surface area contributed by atoms with Crippen molar-refractivity contribution in [2.24, 2.45) is 0 Å². The molecule has 2 aromatic carbocycles. The SMILES string of the molecule is COc1ccc(CNCCc2ccccc2)cc1O[C@H]1C=CCCC1. The molecule has 3 rings (SSSR count). The van der Waals surface area contributed by atoms with Crippen molar-refractivity contribution in [3.63, 3.8) is 0 Å². The van der Waals surface area contributed by atoms with E-state index in [1.807, 2.05) is 6.07 Å². The van der Waals surface area contributed by atoms with E-state index >= 15 is 0 Å². The van der Waals surface area contributed by atoms with Crippen LogP contribution >= 0.6 is 0 Å². The lowest BCUT2D eigenvalue weighted by molar-refractivity contribution is 0.219. The van der Waals surface area contributed by atoms with Crippen molar-refractivity contribution < 1.29 is 9.47 Å². The second-order valence-corrected chi connectivity index (χ2v) is 6.41. The summed E-state index contributed by atoms with van der Waals surface area (Å²) in [7, 11) is 1.69. The van der Waals surface area contributed by atoms with E-state index < -0.39 is 0 Å². The van der Waals surface area contributed by atoms with Gasteiger partial charge in [-0.15, -0.1) is 0 Å². The van der Waals surface area contributed by atoms with Crippen LogP contribution in [-0.2, 0) is 13.0 Å². The maximum absolute atomic E-state index is 6.15. The van der Waals surface area contributed by atoms with Gasteiger partial charge in [-0.3, -0.25) is 0 Å². The molecule has 0 aromatic heterocycles. The molecule has 0 heterocycles. The van der Waals surface area contributed by atoms with E-state index in [2.05, 4.69) is 59.9 Å². The number of ether oxygens (including phenoxy) is 2. The van der Waals surface area contributed by atoms with Gasteiger partial charge >= 0.3 is 0 Å². The largest absolute Gasteiger partial charge is 0.493 e. The zero-order chi connectivity index (χ0) is 17.3. The zero-order valence-corrected chi connectivity index (χ0v) is 14.9. The van der Waals surface area contributed by atoms with Gasteiger partial charge in [0, 0.05) is 6.54 Å². The molecular weight excluding hydrogens is 310 g/mol. The van der Waals surface area contributed by atoms with Gasteiger partial charge in [-0.05, 0) is 61.6 Å². The molecule has 0 unspecified atom stereocenters. The molecule has 0 saturated heterocycles. The molecule has 0 bridgehead atoms. The highest BCUT2D eigenvalue weighted by molar-refractivity contribution is 5.43. The van der Waals surface area contributed by atoms with Gasteiger partial charge in [0.15, 0.2) is 11.5 Å². The van der Waals surface area contributed by atoms with Crippen LogP contribution in [0.25, 0.3) is 0 Å². The van der Waals surface area contributed by atoms with Gasteiger partial charge in [0.1, 0.15) is 6.10 Å². The predicted octanol–water partition coefficient (Wildman–Crippen LogP) is 4.52. The molecule has 3 nitrogen and oxygen atoms in total. The van der Waals surface area contributed by atoms with Gasteiger partial charge in [0.2, 0.25) is 0 Å². The molecule has 0 saturated carbocycles. The summed E-state index contributed by atoms with van der Waals surface area (Å²) in [5.41, 5.74) is 2.57. The number of rotatable bonds is 8. The van der Waals surface area contributed by atoms with Crippen molar-refractivity contribution in [1.29, 1.82) is 0 Å². The molecular formula is C22H27NO2. The first-order valence-electron chi connectivity index (χ1n) is 9.10. The second-order valence-electron chi connectivity index (χ2n) is 6.41. The average molecular weight is 337 g/mol. The minimum atomic E-state index is 0.156. The standard InChI is InChI=1S/C22H27NO2/c1-24-21-13-12-19(16-22(21)25-20-10-6-3-7-11-20)17-23-15-14-18-8-4-2-5-9-18/h2,4-6,8-10,12-13,16,20,23H,3,7,11,14-15,17H2,1H3/t20-/m0/s1. The van der Waals surface area contributed by atoms with Crippen LogP contribution in [0.4, 0.5) is 0 Å². The molecule has 2 aromatic rings. The summed E-state index contributed by atoms with van der Waals surface area (Å²) in [4.78, 5) is 0. The Kier molecular flexibility index (Phi) is 6.52. The minimum absolute atomic E-state index is 0.156. The average Bonchev–Trinajstić information content (AvgIpc) is 2.67. The first-order valence-corrected chi connectivity index (χ1v) is 9.10. The monoisotopic (exact) mass is 337 g/mol. The first kappa shape index (κ1) is 17.6. The number of nitrogens with one attached hydrogen (secondary N) is 1. The molecule has 0 spiro atoms. The molecule has 1 N–H and O–H groups in total. The van der Waals surface area contributed by atoms with E-state index in [-0.39, 0.29) is 6.10 Å². The molecule has 132 valence electrons. The highest BCUT2D eigenvalue weighted by atomic mass is 16.5. The van der Waals surface area contributed by atoms with E-state index in [0.29, 0.717) is 0 Å². The number of hydrogen-bond acceptors (Lipinski definition) is 3. The Hall–Kier alpha value is -2.26. The summed E-state index contributed by atoms with van der Waals surface area (Å²) in [6, 6.07) is 16.7.